The second-order valence-corrected chi connectivity index (χ2v) is 7.60. The highest BCUT2D eigenvalue weighted by Crippen LogP contribution is 2.22. The lowest BCUT2D eigenvalue weighted by Crippen LogP contribution is -2.31. The second-order valence-electron chi connectivity index (χ2n) is 7.60. The highest BCUT2D eigenvalue weighted by Gasteiger charge is 2.16. The Labute approximate surface area is 176 Å². The van der Waals surface area contributed by atoms with E-state index in [1.807, 2.05) is 44.2 Å². The Bertz CT molecular complexity index is 979. The van der Waals surface area contributed by atoms with Crippen LogP contribution >= 0.6 is 0 Å². The average molecular weight is 406 g/mol. The van der Waals surface area contributed by atoms with Crippen LogP contribution in [0.1, 0.15) is 37.9 Å². The predicted octanol–water partition coefficient (Wildman–Crippen LogP) is 3.92. The highest BCUT2D eigenvalue weighted by molar-refractivity contribution is 5.93. The maximum absolute atomic E-state index is 12.4. The molecule has 8 heteroatoms. The zero-order valence-electron chi connectivity index (χ0n) is 17.4. The van der Waals surface area contributed by atoms with Gasteiger partial charge in [-0.25, -0.2) is 4.98 Å². The lowest BCUT2D eigenvalue weighted by Gasteiger charge is -2.27. The third-order valence-corrected chi connectivity index (χ3v) is 5.21. The number of amides is 1. The molecule has 1 fully saturated rings. The van der Waals surface area contributed by atoms with Crippen molar-refractivity contribution in [1.82, 2.24) is 19.7 Å². The normalized spacial score (nSPS) is 14.9. The first kappa shape index (κ1) is 19.9. The van der Waals surface area contributed by atoms with Crippen LogP contribution in [-0.4, -0.2) is 38.7 Å². The molecular weight excluding hydrogens is 378 g/mol. The summed E-state index contributed by atoms with van der Waals surface area (Å²) >= 11 is 0. The summed E-state index contributed by atoms with van der Waals surface area (Å²) in [4.78, 5) is 24.0. The van der Waals surface area contributed by atoms with E-state index in [2.05, 4.69) is 25.6 Å². The summed E-state index contributed by atoms with van der Waals surface area (Å²) in [7, 11) is 0. The van der Waals surface area contributed by atoms with Crippen LogP contribution in [0.2, 0.25) is 0 Å². The Morgan fingerprint density at radius 3 is 2.50 bits per heavy atom. The van der Waals surface area contributed by atoms with Gasteiger partial charge in [-0.3, -0.25) is 9.48 Å². The highest BCUT2D eigenvalue weighted by atomic mass is 16.2. The molecule has 1 unspecified atom stereocenters. The van der Waals surface area contributed by atoms with Crippen molar-refractivity contribution >= 4 is 29.0 Å². The number of hydrogen-bond donors (Lipinski definition) is 2. The fourth-order valence-corrected chi connectivity index (χ4v) is 3.51. The van der Waals surface area contributed by atoms with Crippen LogP contribution in [0, 0.1) is 6.92 Å². The molecule has 156 valence electrons. The maximum atomic E-state index is 12.4. The first-order valence-electron chi connectivity index (χ1n) is 10.4. The fraction of sp³-hybridized carbons (Fsp3) is 0.364. The van der Waals surface area contributed by atoms with E-state index in [9.17, 15) is 4.79 Å². The third kappa shape index (κ3) is 4.76. The quantitative estimate of drug-likeness (QED) is 0.646. The Morgan fingerprint density at radius 2 is 1.80 bits per heavy atom. The Balaban J connectivity index is 1.41. The predicted molar refractivity (Wildman–Crippen MR) is 118 cm³/mol. The monoisotopic (exact) mass is 405 g/mol. The van der Waals surface area contributed by atoms with Gasteiger partial charge in [-0.05, 0) is 63.4 Å². The van der Waals surface area contributed by atoms with Crippen LogP contribution in [0.4, 0.5) is 23.1 Å². The number of nitrogens with zero attached hydrogens (tertiary/aromatic N) is 5. The van der Waals surface area contributed by atoms with Gasteiger partial charge in [0, 0.05) is 48.6 Å². The van der Waals surface area contributed by atoms with E-state index in [1.165, 1.54) is 19.3 Å². The van der Waals surface area contributed by atoms with Gasteiger partial charge in [-0.1, -0.05) is 0 Å². The van der Waals surface area contributed by atoms with Crippen LogP contribution in [-0.2, 0) is 4.79 Å². The van der Waals surface area contributed by atoms with Gasteiger partial charge in [0.05, 0.1) is 0 Å². The summed E-state index contributed by atoms with van der Waals surface area (Å²) in [5.41, 5.74) is 2.57. The smallest absolute Gasteiger partial charge is 0.248 e. The molecule has 3 heterocycles. The van der Waals surface area contributed by atoms with Gasteiger partial charge in [-0.2, -0.15) is 10.1 Å². The van der Waals surface area contributed by atoms with E-state index in [-0.39, 0.29) is 11.9 Å². The van der Waals surface area contributed by atoms with Crippen molar-refractivity contribution in [3.8, 4) is 0 Å². The van der Waals surface area contributed by atoms with Crippen LogP contribution in [0.15, 0.2) is 48.8 Å². The molecule has 1 aliphatic heterocycles. The SMILES string of the molecule is Cc1cc(Nc2ccc(NC(=O)C(C)n3cccn3)cc2)nc(N2CCCCC2)n1. The number of rotatable bonds is 6. The minimum atomic E-state index is -0.380. The van der Waals surface area contributed by atoms with Crippen molar-refractivity contribution in [3.05, 3.63) is 54.5 Å². The van der Waals surface area contributed by atoms with Gasteiger partial charge >= 0.3 is 0 Å². The van der Waals surface area contributed by atoms with Crippen LogP contribution in [0.25, 0.3) is 0 Å². The largest absolute Gasteiger partial charge is 0.341 e. The topological polar surface area (TPSA) is 88.0 Å². The summed E-state index contributed by atoms with van der Waals surface area (Å²) in [6.45, 7) is 5.82. The minimum Gasteiger partial charge on any atom is -0.341 e. The van der Waals surface area contributed by atoms with Gasteiger partial charge in [0.25, 0.3) is 0 Å². The van der Waals surface area contributed by atoms with Crippen molar-refractivity contribution in [2.45, 2.75) is 39.2 Å². The number of hydrogen-bond acceptors (Lipinski definition) is 6. The summed E-state index contributed by atoms with van der Waals surface area (Å²) in [5, 5.41) is 10.4. The van der Waals surface area contributed by atoms with E-state index in [0.717, 1.165) is 41.9 Å². The van der Waals surface area contributed by atoms with Crippen LogP contribution in [0.5, 0.6) is 0 Å². The van der Waals surface area contributed by atoms with E-state index in [4.69, 9.17) is 4.98 Å². The molecule has 0 aliphatic carbocycles. The number of benzene rings is 1. The summed E-state index contributed by atoms with van der Waals surface area (Å²) in [6, 6.07) is 10.9. The molecular formula is C22H27N7O. The molecule has 2 N–H and O–H groups in total. The zero-order valence-corrected chi connectivity index (χ0v) is 17.4. The standard InChI is InChI=1S/C22H27N7O/c1-16-15-20(27-22(24-16)28-12-4-3-5-13-28)25-18-7-9-19(10-8-18)26-21(30)17(2)29-14-6-11-23-29/h6-11,14-15,17H,3-5,12-13H2,1-2H3,(H,26,30)(H,24,25,27). The molecule has 0 saturated carbocycles. The number of anilines is 4. The zero-order chi connectivity index (χ0) is 20.9. The number of carbonyl (C=O) groups excluding carboxylic acids is 1. The third-order valence-electron chi connectivity index (χ3n) is 5.21. The van der Waals surface area contributed by atoms with Crippen molar-refractivity contribution < 1.29 is 4.79 Å². The van der Waals surface area contributed by atoms with Gasteiger partial charge in [0.2, 0.25) is 11.9 Å². The van der Waals surface area contributed by atoms with E-state index in [0.29, 0.717) is 0 Å². The molecule has 1 amide bonds. The van der Waals surface area contributed by atoms with Crippen LogP contribution < -0.4 is 15.5 Å². The van der Waals surface area contributed by atoms with Crippen molar-refractivity contribution in [2.75, 3.05) is 28.6 Å². The summed E-state index contributed by atoms with van der Waals surface area (Å²) in [5.74, 6) is 1.44. The van der Waals surface area contributed by atoms with Crippen LogP contribution in [0.3, 0.4) is 0 Å². The van der Waals surface area contributed by atoms with E-state index < -0.39 is 0 Å². The van der Waals surface area contributed by atoms with Gasteiger partial charge < -0.3 is 15.5 Å². The van der Waals surface area contributed by atoms with Gasteiger partial charge in [0.1, 0.15) is 11.9 Å². The van der Waals surface area contributed by atoms with Crippen molar-refractivity contribution in [1.29, 1.82) is 0 Å². The first-order chi connectivity index (χ1) is 14.6. The molecule has 1 aliphatic rings. The molecule has 0 bridgehead atoms. The lowest BCUT2D eigenvalue weighted by atomic mass is 10.1. The Hall–Kier alpha value is -3.42. The molecule has 1 saturated heterocycles. The van der Waals surface area contributed by atoms with E-state index >= 15 is 0 Å². The molecule has 2 aromatic heterocycles. The fourth-order valence-electron chi connectivity index (χ4n) is 3.51. The first-order valence-corrected chi connectivity index (χ1v) is 10.4. The number of piperidine rings is 1. The average Bonchev–Trinajstić information content (AvgIpc) is 3.30. The second kappa shape index (κ2) is 8.94. The number of aryl methyl sites for hydroxylation is 1. The molecule has 4 rings (SSSR count). The summed E-state index contributed by atoms with van der Waals surface area (Å²) < 4.78 is 1.63. The minimum absolute atomic E-state index is 0.114. The Kier molecular flexibility index (Phi) is 5.92. The molecule has 30 heavy (non-hydrogen) atoms. The van der Waals surface area contributed by atoms with Gasteiger partial charge in [0.15, 0.2) is 0 Å². The number of carbonyl (C=O) groups is 1. The molecule has 1 aromatic carbocycles. The summed E-state index contributed by atoms with van der Waals surface area (Å²) in [6.07, 6.45) is 7.09. The number of nitrogens with one attached hydrogen (secondary N) is 2. The molecule has 0 radical (unpaired) electrons. The number of aromatic nitrogens is 4. The molecule has 8 nitrogen and oxygen atoms in total. The lowest BCUT2D eigenvalue weighted by molar-refractivity contribution is -0.119. The molecule has 1 atom stereocenters. The molecule has 0 spiro atoms. The van der Waals surface area contributed by atoms with Crippen molar-refractivity contribution in [2.24, 2.45) is 0 Å². The van der Waals surface area contributed by atoms with Gasteiger partial charge in [-0.15, -0.1) is 0 Å². The van der Waals surface area contributed by atoms with E-state index in [1.54, 1.807) is 23.1 Å². The Morgan fingerprint density at radius 1 is 1.07 bits per heavy atom. The molecule has 3 aromatic rings. The maximum Gasteiger partial charge on any atom is 0.248 e. The van der Waals surface area contributed by atoms with Crippen molar-refractivity contribution in [3.63, 3.8) is 0 Å².